The van der Waals surface area contributed by atoms with Gasteiger partial charge in [0.1, 0.15) is 11.5 Å². The number of hydrogen-bond acceptors (Lipinski definition) is 5. The first-order valence-corrected chi connectivity index (χ1v) is 14.1. The Balaban J connectivity index is 1.40. The van der Waals surface area contributed by atoms with E-state index in [-0.39, 0.29) is 34.8 Å². The summed E-state index contributed by atoms with van der Waals surface area (Å²) < 4.78 is 39.6. The smallest absolute Gasteiger partial charge is 0.264 e. The van der Waals surface area contributed by atoms with Gasteiger partial charge in [0.2, 0.25) is 0 Å². The molecule has 3 aromatic rings. The van der Waals surface area contributed by atoms with E-state index in [4.69, 9.17) is 21.1 Å². The predicted molar refractivity (Wildman–Crippen MR) is 143 cm³/mol. The molecule has 2 atom stereocenters. The first-order valence-electron chi connectivity index (χ1n) is 12.3. The van der Waals surface area contributed by atoms with Crippen LogP contribution >= 0.6 is 11.6 Å². The number of halogens is 1. The van der Waals surface area contributed by atoms with Gasteiger partial charge in [-0.25, -0.2) is 8.42 Å². The topological polar surface area (TPSA) is 84.9 Å². The van der Waals surface area contributed by atoms with Crippen LogP contribution in [0.3, 0.4) is 0 Å². The van der Waals surface area contributed by atoms with E-state index in [9.17, 15) is 13.2 Å². The minimum absolute atomic E-state index is 0.0720. The highest BCUT2D eigenvalue weighted by molar-refractivity contribution is 7.92. The zero-order valence-corrected chi connectivity index (χ0v) is 22.3. The summed E-state index contributed by atoms with van der Waals surface area (Å²) >= 11 is 6.19. The lowest BCUT2D eigenvalue weighted by atomic mass is 9.89. The van der Waals surface area contributed by atoms with Gasteiger partial charge in [-0.15, -0.1) is 0 Å². The number of nitrogens with one attached hydrogen (secondary N) is 1. The van der Waals surface area contributed by atoms with Crippen molar-refractivity contribution in [3.63, 3.8) is 0 Å². The maximum Gasteiger partial charge on any atom is 0.264 e. The second-order valence-corrected chi connectivity index (χ2v) is 11.7. The molecule has 194 valence electrons. The van der Waals surface area contributed by atoms with Crippen molar-refractivity contribution >= 4 is 33.2 Å². The molecule has 3 aromatic carbocycles. The summed E-state index contributed by atoms with van der Waals surface area (Å²) in [4.78, 5) is 13.4. The number of rotatable bonds is 6. The summed E-state index contributed by atoms with van der Waals surface area (Å²) in [5, 5.41) is 3.38. The number of carbonyl (C=O) groups excluding carboxylic acids is 1. The Morgan fingerprint density at radius 2 is 1.78 bits per heavy atom. The van der Waals surface area contributed by atoms with Gasteiger partial charge in [-0.1, -0.05) is 29.8 Å². The highest BCUT2D eigenvalue weighted by Crippen LogP contribution is 2.39. The SMILES string of the molecule is COc1ccc(S(=O)(=O)N2C[C@H](C(=O)N[C@H](C)c3ccc4c(c3)CCCC4)Oc3ccc(Cl)cc32)cc1. The van der Waals surface area contributed by atoms with E-state index >= 15 is 0 Å². The summed E-state index contributed by atoms with van der Waals surface area (Å²) in [7, 11) is -2.50. The molecule has 1 heterocycles. The summed E-state index contributed by atoms with van der Waals surface area (Å²) in [5.41, 5.74) is 4.01. The van der Waals surface area contributed by atoms with Gasteiger partial charge in [-0.3, -0.25) is 9.10 Å². The molecule has 7 nitrogen and oxygen atoms in total. The number of hydrogen-bond donors (Lipinski definition) is 1. The quantitative estimate of drug-likeness (QED) is 0.472. The number of methoxy groups -OCH3 is 1. The average molecular weight is 541 g/mol. The van der Waals surface area contributed by atoms with Crippen molar-refractivity contribution in [1.29, 1.82) is 0 Å². The first-order chi connectivity index (χ1) is 17.8. The van der Waals surface area contributed by atoms with Crippen molar-refractivity contribution in [2.75, 3.05) is 18.0 Å². The van der Waals surface area contributed by atoms with Crippen LogP contribution in [-0.4, -0.2) is 34.1 Å². The van der Waals surface area contributed by atoms with E-state index in [0.29, 0.717) is 10.8 Å². The number of anilines is 1. The van der Waals surface area contributed by atoms with Crippen molar-refractivity contribution < 1.29 is 22.7 Å². The first kappa shape index (κ1) is 25.4. The third kappa shape index (κ3) is 5.13. The fourth-order valence-corrected chi connectivity index (χ4v) is 6.51. The van der Waals surface area contributed by atoms with Gasteiger partial charge >= 0.3 is 0 Å². The predicted octanol–water partition coefficient (Wildman–Crippen LogP) is 5.06. The van der Waals surface area contributed by atoms with Crippen LogP contribution in [0, 0.1) is 0 Å². The van der Waals surface area contributed by atoms with Crippen molar-refractivity contribution in [3.8, 4) is 11.5 Å². The zero-order valence-electron chi connectivity index (χ0n) is 20.7. The van der Waals surface area contributed by atoms with E-state index in [1.165, 1.54) is 53.6 Å². The molecule has 0 radical (unpaired) electrons. The Morgan fingerprint density at radius 1 is 1.05 bits per heavy atom. The van der Waals surface area contributed by atoms with E-state index in [1.54, 1.807) is 24.3 Å². The van der Waals surface area contributed by atoms with Gasteiger partial charge in [0.15, 0.2) is 6.10 Å². The van der Waals surface area contributed by atoms with Crippen LogP contribution in [0.5, 0.6) is 11.5 Å². The van der Waals surface area contributed by atoms with Crippen LogP contribution in [0.1, 0.15) is 42.5 Å². The normalized spacial score (nSPS) is 17.7. The lowest BCUT2D eigenvalue weighted by molar-refractivity contribution is -0.128. The van der Waals surface area contributed by atoms with Gasteiger partial charge in [-0.2, -0.15) is 0 Å². The Hall–Kier alpha value is -3.23. The number of sulfonamides is 1. The molecule has 37 heavy (non-hydrogen) atoms. The molecule has 5 rings (SSSR count). The molecule has 0 bridgehead atoms. The molecule has 1 N–H and O–H groups in total. The number of benzene rings is 3. The second-order valence-electron chi connectivity index (χ2n) is 9.40. The summed E-state index contributed by atoms with van der Waals surface area (Å²) in [6.07, 6.45) is 3.48. The molecule has 0 unspecified atom stereocenters. The third-order valence-electron chi connectivity index (χ3n) is 6.96. The molecule has 0 saturated carbocycles. The van der Waals surface area contributed by atoms with Gasteiger partial charge in [0.05, 0.1) is 30.3 Å². The standard InChI is InChI=1S/C28H29ClN2O5S/c1-18(20-8-7-19-5-3-4-6-21(19)15-20)30-28(32)27-17-31(25-16-22(29)9-14-26(25)36-27)37(33,34)24-12-10-23(35-2)11-13-24/h7-16,18,27H,3-6,17H2,1-2H3,(H,30,32)/t18-,27-/m1/s1. The van der Waals surface area contributed by atoms with Gasteiger partial charge < -0.3 is 14.8 Å². The number of carbonyl (C=O) groups is 1. The van der Waals surface area contributed by atoms with Crippen molar-refractivity contribution in [2.24, 2.45) is 0 Å². The molecule has 0 saturated heterocycles. The van der Waals surface area contributed by atoms with E-state index in [2.05, 4.69) is 23.5 Å². The molecule has 1 amide bonds. The third-order valence-corrected chi connectivity index (χ3v) is 8.99. The van der Waals surface area contributed by atoms with Crippen molar-refractivity contribution in [1.82, 2.24) is 5.32 Å². The minimum Gasteiger partial charge on any atom is -0.497 e. The van der Waals surface area contributed by atoms with Crippen molar-refractivity contribution in [3.05, 3.63) is 82.4 Å². The van der Waals surface area contributed by atoms with Crippen LogP contribution in [-0.2, 0) is 27.7 Å². The van der Waals surface area contributed by atoms with E-state index < -0.39 is 16.1 Å². The Labute approximate surface area is 222 Å². The zero-order chi connectivity index (χ0) is 26.2. The van der Waals surface area contributed by atoms with Gasteiger partial charge in [0.25, 0.3) is 15.9 Å². The highest BCUT2D eigenvalue weighted by Gasteiger charge is 2.38. The maximum atomic E-state index is 13.7. The lowest BCUT2D eigenvalue weighted by Gasteiger charge is -2.35. The fourth-order valence-electron chi connectivity index (χ4n) is 4.88. The summed E-state index contributed by atoms with van der Waals surface area (Å²) in [5.74, 6) is 0.424. The van der Waals surface area contributed by atoms with Crippen LogP contribution in [0.2, 0.25) is 5.02 Å². The van der Waals surface area contributed by atoms with Crippen LogP contribution < -0.4 is 19.1 Å². The Morgan fingerprint density at radius 3 is 2.51 bits per heavy atom. The van der Waals surface area contributed by atoms with Gasteiger partial charge in [0, 0.05) is 5.02 Å². The summed E-state index contributed by atoms with van der Waals surface area (Å²) in [6, 6.07) is 16.9. The molecule has 1 aliphatic heterocycles. The maximum absolute atomic E-state index is 13.7. The number of ether oxygens (including phenoxy) is 2. The van der Waals surface area contributed by atoms with Gasteiger partial charge in [-0.05, 0) is 91.8 Å². The fraction of sp³-hybridized carbons (Fsp3) is 0.321. The molecule has 1 aliphatic carbocycles. The Kier molecular flexibility index (Phi) is 7.05. The number of aryl methyl sites for hydroxylation is 2. The monoisotopic (exact) mass is 540 g/mol. The number of nitrogens with zero attached hydrogens (tertiary/aromatic N) is 1. The number of amides is 1. The Bertz CT molecular complexity index is 1420. The van der Waals surface area contributed by atoms with Crippen LogP contribution in [0.25, 0.3) is 0 Å². The van der Waals surface area contributed by atoms with E-state index in [0.717, 1.165) is 18.4 Å². The molecule has 0 spiro atoms. The summed E-state index contributed by atoms with van der Waals surface area (Å²) in [6.45, 7) is 1.73. The van der Waals surface area contributed by atoms with Crippen molar-refractivity contribution in [2.45, 2.75) is 49.6 Å². The second kappa shape index (κ2) is 10.3. The van der Waals surface area contributed by atoms with Crippen LogP contribution in [0.4, 0.5) is 5.69 Å². The molecular formula is C28H29ClN2O5S. The minimum atomic E-state index is -4.02. The molecule has 0 aromatic heterocycles. The van der Waals surface area contributed by atoms with E-state index in [1.807, 2.05) is 6.92 Å². The molecule has 2 aliphatic rings. The largest absolute Gasteiger partial charge is 0.497 e. The van der Waals surface area contributed by atoms with Crippen LogP contribution in [0.15, 0.2) is 65.6 Å². The molecular weight excluding hydrogens is 512 g/mol. The average Bonchev–Trinajstić information content (AvgIpc) is 2.92. The number of fused-ring (bicyclic) bond motifs is 2. The molecule has 0 fully saturated rings. The molecule has 9 heteroatoms. The highest BCUT2D eigenvalue weighted by atomic mass is 35.5. The lowest BCUT2D eigenvalue weighted by Crippen LogP contribution is -2.51.